The number of aliphatic carboxylic acids is 1. The molecule has 1 aliphatic rings. The third-order valence-electron chi connectivity index (χ3n) is 4.59. The van der Waals surface area contributed by atoms with Crippen molar-refractivity contribution in [3.8, 4) is 11.1 Å². The molecule has 1 aromatic heterocycles. The summed E-state index contributed by atoms with van der Waals surface area (Å²) in [5.41, 5.74) is 1.78. The first-order valence-electron chi connectivity index (χ1n) is 8.46. The molecule has 140 valence electrons. The van der Waals surface area contributed by atoms with Crippen LogP contribution in [0.3, 0.4) is 0 Å². The highest BCUT2D eigenvalue weighted by molar-refractivity contribution is 7.15. The number of hydrogen-bond donors (Lipinski definition) is 2. The van der Waals surface area contributed by atoms with E-state index in [9.17, 15) is 19.5 Å². The Bertz CT molecular complexity index is 887. The number of carbonyl (C=O) groups excluding carboxylic acids is 2. The predicted molar refractivity (Wildman–Crippen MR) is 103 cm³/mol. The normalized spacial score (nSPS) is 18.7. The molecular formula is C20H19NO5S. The number of carboxylic acids is 1. The number of anilines is 1. The first kappa shape index (κ1) is 18.8. The molecule has 0 bridgehead atoms. The summed E-state index contributed by atoms with van der Waals surface area (Å²) >= 11 is 1.22. The Kier molecular flexibility index (Phi) is 5.71. The summed E-state index contributed by atoms with van der Waals surface area (Å²) in [6.07, 6.45) is 4.26. The smallest absolute Gasteiger partial charge is 0.341 e. The van der Waals surface area contributed by atoms with E-state index in [-0.39, 0.29) is 5.56 Å². The Hall–Kier alpha value is -2.93. The van der Waals surface area contributed by atoms with E-state index in [0.29, 0.717) is 23.4 Å². The van der Waals surface area contributed by atoms with Crippen molar-refractivity contribution in [2.45, 2.75) is 12.8 Å². The van der Waals surface area contributed by atoms with Gasteiger partial charge in [-0.2, -0.15) is 0 Å². The molecule has 2 atom stereocenters. The molecule has 0 unspecified atom stereocenters. The minimum absolute atomic E-state index is 0.278. The van der Waals surface area contributed by atoms with E-state index in [1.807, 2.05) is 36.4 Å². The predicted octanol–water partition coefficient (Wildman–Crippen LogP) is 3.81. The summed E-state index contributed by atoms with van der Waals surface area (Å²) in [6, 6.07) is 9.33. The Morgan fingerprint density at radius 2 is 1.78 bits per heavy atom. The van der Waals surface area contributed by atoms with Gasteiger partial charge < -0.3 is 15.2 Å². The maximum atomic E-state index is 12.7. The Labute approximate surface area is 160 Å². The lowest BCUT2D eigenvalue weighted by Crippen LogP contribution is -2.34. The number of hydrogen-bond acceptors (Lipinski definition) is 5. The maximum absolute atomic E-state index is 12.7. The lowest BCUT2D eigenvalue weighted by molar-refractivity contribution is -0.146. The second kappa shape index (κ2) is 8.18. The first-order valence-corrected chi connectivity index (χ1v) is 9.34. The fourth-order valence-electron chi connectivity index (χ4n) is 3.17. The summed E-state index contributed by atoms with van der Waals surface area (Å²) in [5.74, 6) is -3.41. The summed E-state index contributed by atoms with van der Waals surface area (Å²) in [4.78, 5) is 36.5. The number of benzene rings is 1. The average Bonchev–Trinajstić information content (AvgIpc) is 3.11. The molecule has 0 spiro atoms. The molecule has 0 radical (unpaired) electrons. The van der Waals surface area contributed by atoms with Crippen LogP contribution in [0.4, 0.5) is 5.00 Å². The molecular weight excluding hydrogens is 366 g/mol. The third kappa shape index (κ3) is 3.93. The highest BCUT2D eigenvalue weighted by atomic mass is 32.1. The molecule has 1 heterocycles. The van der Waals surface area contributed by atoms with E-state index in [1.54, 1.807) is 11.5 Å². The largest absolute Gasteiger partial charge is 0.481 e. The molecule has 2 N–H and O–H groups in total. The van der Waals surface area contributed by atoms with Gasteiger partial charge in [0.1, 0.15) is 10.6 Å². The zero-order valence-corrected chi connectivity index (χ0v) is 15.5. The zero-order chi connectivity index (χ0) is 19.4. The van der Waals surface area contributed by atoms with Gasteiger partial charge in [-0.05, 0) is 18.4 Å². The minimum atomic E-state index is -0.996. The minimum Gasteiger partial charge on any atom is -0.481 e. The van der Waals surface area contributed by atoms with Crippen molar-refractivity contribution in [3.05, 3.63) is 53.4 Å². The van der Waals surface area contributed by atoms with Crippen LogP contribution in [-0.4, -0.2) is 30.1 Å². The van der Waals surface area contributed by atoms with Crippen molar-refractivity contribution in [2.24, 2.45) is 11.8 Å². The number of rotatable bonds is 5. The second-order valence-corrected chi connectivity index (χ2v) is 7.07. The molecule has 2 aromatic rings. The van der Waals surface area contributed by atoms with Gasteiger partial charge in [-0.3, -0.25) is 9.59 Å². The third-order valence-corrected chi connectivity index (χ3v) is 5.48. The van der Waals surface area contributed by atoms with Crippen molar-refractivity contribution in [3.63, 3.8) is 0 Å². The van der Waals surface area contributed by atoms with Gasteiger partial charge >= 0.3 is 11.9 Å². The van der Waals surface area contributed by atoms with Gasteiger partial charge in [-0.15, -0.1) is 11.3 Å². The van der Waals surface area contributed by atoms with Gasteiger partial charge in [0.25, 0.3) is 0 Å². The van der Waals surface area contributed by atoms with E-state index in [4.69, 9.17) is 4.74 Å². The van der Waals surface area contributed by atoms with E-state index in [1.165, 1.54) is 18.4 Å². The molecule has 0 fully saturated rings. The molecule has 0 saturated heterocycles. The number of thiophene rings is 1. The number of methoxy groups -OCH3 is 1. The van der Waals surface area contributed by atoms with Crippen LogP contribution < -0.4 is 5.32 Å². The van der Waals surface area contributed by atoms with Crippen LogP contribution in [0, 0.1) is 11.8 Å². The SMILES string of the molecule is COC(=O)c1c(-c2ccccc2)csc1NC(=O)[C@H]1CC=CC[C@@H]1C(=O)O. The molecule has 1 aliphatic carbocycles. The Balaban J connectivity index is 1.92. The van der Waals surface area contributed by atoms with Gasteiger partial charge in [-0.25, -0.2) is 4.79 Å². The van der Waals surface area contributed by atoms with Crippen molar-refractivity contribution in [1.82, 2.24) is 0 Å². The number of carbonyl (C=O) groups is 3. The number of carboxylic acid groups (broad SMARTS) is 1. The summed E-state index contributed by atoms with van der Waals surface area (Å²) in [6.45, 7) is 0. The van der Waals surface area contributed by atoms with Gasteiger partial charge in [-0.1, -0.05) is 42.5 Å². The summed E-state index contributed by atoms with van der Waals surface area (Å²) in [5, 5.41) is 14.3. The lowest BCUT2D eigenvalue weighted by atomic mass is 9.82. The summed E-state index contributed by atoms with van der Waals surface area (Å²) < 4.78 is 4.89. The molecule has 6 nitrogen and oxygen atoms in total. The van der Waals surface area contributed by atoms with Crippen LogP contribution in [-0.2, 0) is 14.3 Å². The van der Waals surface area contributed by atoms with Gasteiger partial charge in [0.15, 0.2) is 0 Å². The number of ether oxygens (including phenoxy) is 1. The van der Waals surface area contributed by atoms with Crippen molar-refractivity contribution >= 4 is 34.2 Å². The molecule has 1 aromatic carbocycles. The molecule has 27 heavy (non-hydrogen) atoms. The van der Waals surface area contributed by atoms with E-state index < -0.39 is 29.7 Å². The number of nitrogens with one attached hydrogen (secondary N) is 1. The lowest BCUT2D eigenvalue weighted by Gasteiger charge is -2.24. The van der Waals surface area contributed by atoms with Gasteiger partial charge in [0.2, 0.25) is 5.91 Å². The molecule has 7 heteroatoms. The second-order valence-electron chi connectivity index (χ2n) is 6.19. The van der Waals surface area contributed by atoms with Crippen molar-refractivity contribution in [1.29, 1.82) is 0 Å². The van der Waals surface area contributed by atoms with Crippen molar-refractivity contribution < 1.29 is 24.2 Å². The van der Waals surface area contributed by atoms with Crippen LogP contribution in [0.15, 0.2) is 47.9 Å². The quantitative estimate of drug-likeness (QED) is 0.603. The first-order chi connectivity index (χ1) is 13.0. The van der Waals surface area contributed by atoms with Crippen molar-refractivity contribution in [2.75, 3.05) is 12.4 Å². The summed E-state index contributed by atoms with van der Waals surface area (Å²) in [7, 11) is 1.28. The van der Waals surface area contributed by atoms with Crippen LogP contribution >= 0.6 is 11.3 Å². The fraction of sp³-hybridized carbons (Fsp3) is 0.250. The Morgan fingerprint density at radius 1 is 1.11 bits per heavy atom. The number of amides is 1. The van der Waals surface area contributed by atoms with Crippen LogP contribution in [0.1, 0.15) is 23.2 Å². The number of esters is 1. The molecule has 1 amide bonds. The van der Waals surface area contributed by atoms with Gasteiger partial charge in [0.05, 0.1) is 18.9 Å². The highest BCUT2D eigenvalue weighted by Crippen LogP contribution is 2.37. The van der Waals surface area contributed by atoms with Crippen LogP contribution in [0.2, 0.25) is 0 Å². The van der Waals surface area contributed by atoms with E-state index in [0.717, 1.165) is 5.56 Å². The highest BCUT2D eigenvalue weighted by Gasteiger charge is 2.35. The molecule has 0 saturated carbocycles. The number of allylic oxidation sites excluding steroid dienone is 2. The van der Waals surface area contributed by atoms with Crippen LogP contribution in [0.5, 0.6) is 0 Å². The molecule has 3 rings (SSSR count). The topological polar surface area (TPSA) is 92.7 Å². The molecule has 0 aliphatic heterocycles. The van der Waals surface area contributed by atoms with E-state index >= 15 is 0 Å². The van der Waals surface area contributed by atoms with E-state index in [2.05, 4.69) is 5.32 Å². The fourth-order valence-corrected chi connectivity index (χ4v) is 4.13. The average molecular weight is 385 g/mol. The zero-order valence-electron chi connectivity index (χ0n) is 14.7. The van der Waals surface area contributed by atoms with Gasteiger partial charge in [0, 0.05) is 10.9 Å². The standard InChI is InChI=1S/C20H19NO5S/c1-26-20(25)16-15(12-7-3-2-4-8-12)11-27-18(16)21-17(22)13-9-5-6-10-14(13)19(23)24/h2-8,11,13-14H,9-10H2,1H3,(H,21,22)(H,23,24)/t13-,14-/m0/s1. The Morgan fingerprint density at radius 3 is 2.41 bits per heavy atom. The monoisotopic (exact) mass is 385 g/mol. The van der Waals surface area contributed by atoms with Crippen LogP contribution in [0.25, 0.3) is 11.1 Å². The maximum Gasteiger partial charge on any atom is 0.341 e.